The highest BCUT2D eigenvalue weighted by Crippen LogP contribution is 2.17. The molecule has 70 valence electrons. The summed E-state index contributed by atoms with van der Waals surface area (Å²) in [7, 11) is 1.60. The van der Waals surface area contributed by atoms with Crippen molar-refractivity contribution in [1.82, 2.24) is 0 Å². The number of benzene rings is 1. The van der Waals surface area contributed by atoms with Crippen LogP contribution < -0.4 is 4.74 Å². The Morgan fingerprint density at radius 3 is 2.69 bits per heavy atom. The highest BCUT2D eigenvalue weighted by molar-refractivity contribution is 6.30. The number of Topliss-reactive ketones (excluding diaryl/α,β-unsaturated/α-hetero) is 1. The number of aryl methyl sites for hydroxylation is 1. The Morgan fingerprint density at radius 1 is 1.54 bits per heavy atom. The van der Waals surface area contributed by atoms with Crippen molar-refractivity contribution in [2.24, 2.45) is 0 Å². The van der Waals surface area contributed by atoms with Gasteiger partial charge in [-0.15, -0.1) is 11.6 Å². The van der Waals surface area contributed by atoms with Crippen molar-refractivity contribution in [2.75, 3.05) is 13.0 Å². The van der Waals surface area contributed by atoms with Gasteiger partial charge in [-0.3, -0.25) is 4.79 Å². The Bertz CT molecular complexity index is 321. The zero-order valence-electron chi connectivity index (χ0n) is 7.63. The summed E-state index contributed by atoms with van der Waals surface area (Å²) in [5.74, 6) is 0.720. The van der Waals surface area contributed by atoms with Gasteiger partial charge in [-0.1, -0.05) is 0 Å². The summed E-state index contributed by atoms with van der Waals surface area (Å²) in [6.07, 6.45) is 0. The van der Waals surface area contributed by atoms with Gasteiger partial charge in [-0.2, -0.15) is 0 Å². The first kappa shape index (κ1) is 10.1. The standard InChI is InChI=1S/C10H11ClO2/c1-7-5-8(13-2)3-4-9(7)10(12)6-11/h3-5H,6H2,1-2H3. The molecule has 0 N–H and O–H groups in total. The fourth-order valence-electron chi connectivity index (χ4n) is 1.15. The average Bonchev–Trinajstić information content (AvgIpc) is 2.16. The van der Waals surface area contributed by atoms with Crippen LogP contribution >= 0.6 is 11.6 Å². The number of halogens is 1. The summed E-state index contributed by atoms with van der Waals surface area (Å²) >= 11 is 5.45. The number of ketones is 1. The van der Waals surface area contributed by atoms with Gasteiger partial charge in [0.05, 0.1) is 13.0 Å². The van der Waals surface area contributed by atoms with E-state index in [2.05, 4.69) is 0 Å². The molecule has 1 rings (SSSR count). The van der Waals surface area contributed by atoms with Crippen molar-refractivity contribution in [2.45, 2.75) is 6.92 Å². The van der Waals surface area contributed by atoms with Crippen molar-refractivity contribution in [3.63, 3.8) is 0 Å². The first-order valence-electron chi connectivity index (χ1n) is 3.93. The smallest absolute Gasteiger partial charge is 0.177 e. The van der Waals surface area contributed by atoms with Crippen molar-refractivity contribution < 1.29 is 9.53 Å². The largest absolute Gasteiger partial charge is 0.497 e. The van der Waals surface area contributed by atoms with Crippen LogP contribution in [-0.4, -0.2) is 18.8 Å². The SMILES string of the molecule is COc1ccc(C(=O)CCl)c(C)c1. The molecule has 0 radical (unpaired) electrons. The zero-order valence-corrected chi connectivity index (χ0v) is 8.39. The highest BCUT2D eigenvalue weighted by Gasteiger charge is 2.07. The molecule has 0 unspecified atom stereocenters. The van der Waals surface area contributed by atoms with Gasteiger partial charge in [-0.25, -0.2) is 0 Å². The van der Waals surface area contributed by atoms with Crippen LogP contribution in [0.25, 0.3) is 0 Å². The maximum atomic E-state index is 11.3. The third kappa shape index (κ3) is 2.22. The zero-order chi connectivity index (χ0) is 9.84. The number of ether oxygens (including phenoxy) is 1. The number of hydrogen-bond donors (Lipinski definition) is 0. The lowest BCUT2D eigenvalue weighted by molar-refractivity contribution is 0.102. The monoisotopic (exact) mass is 198 g/mol. The van der Waals surface area contributed by atoms with Gasteiger partial charge >= 0.3 is 0 Å². The number of hydrogen-bond acceptors (Lipinski definition) is 2. The lowest BCUT2D eigenvalue weighted by Gasteiger charge is -2.05. The molecule has 1 aromatic carbocycles. The summed E-state index contributed by atoms with van der Waals surface area (Å²) in [4.78, 5) is 11.3. The second kappa shape index (κ2) is 4.28. The van der Waals surface area contributed by atoms with Crippen LogP contribution in [0.5, 0.6) is 5.75 Å². The Balaban J connectivity index is 3.05. The van der Waals surface area contributed by atoms with E-state index in [-0.39, 0.29) is 11.7 Å². The third-order valence-corrected chi connectivity index (χ3v) is 2.10. The van der Waals surface area contributed by atoms with Gasteiger partial charge in [0.25, 0.3) is 0 Å². The Labute approximate surface area is 82.5 Å². The molecule has 0 amide bonds. The summed E-state index contributed by atoms with van der Waals surface area (Å²) < 4.78 is 5.02. The number of carbonyl (C=O) groups excluding carboxylic acids is 1. The molecule has 0 saturated heterocycles. The lowest BCUT2D eigenvalue weighted by atomic mass is 10.1. The Morgan fingerprint density at radius 2 is 2.23 bits per heavy atom. The van der Waals surface area contributed by atoms with Crippen LogP contribution in [0.3, 0.4) is 0 Å². The molecule has 0 heterocycles. The predicted molar refractivity (Wildman–Crippen MR) is 52.8 cm³/mol. The van der Waals surface area contributed by atoms with E-state index in [9.17, 15) is 4.79 Å². The summed E-state index contributed by atoms with van der Waals surface area (Å²) in [6.45, 7) is 1.86. The van der Waals surface area contributed by atoms with E-state index >= 15 is 0 Å². The second-order valence-corrected chi connectivity index (χ2v) is 3.00. The number of methoxy groups -OCH3 is 1. The number of carbonyl (C=O) groups is 1. The molecule has 0 saturated carbocycles. The Kier molecular flexibility index (Phi) is 3.32. The molecule has 0 bridgehead atoms. The van der Waals surface area contributed by atoms with Crippen molar-refractivity contribution in [3.05, 3.63) is 29.3 Å². The highest BCUT2D eigenvalue weighted by atomic mass is 35.5. The van der Waals surface area contributed by atoms with E-state index in [0.29, 0.717) is 5.56 Å². The molecule has 0 aromatic heterocycles. The van der Waals surface area contributed by atoms with Gasteiger partial charge in [-0.05, 0) is 30.7 Å². The average molecular weight is 199 g/mol. The van der Waals surface area contributed by atoms with Crippen LogP contribution in [0.1, 0.15) is 15.9 Å². The van der Waals surface area contributed by atoms with E-state index in [0.717, 1.165) is 11.3 Å². The molecule has 3 heteroatoms. The van der Waals surface area contributed by atoms with E-state index in [4.69, 9.17) is 16.3 Å². The lowest BCUT2D eigenvalue weighted by Crippen LogP contribution is -2.02. The molecule has 0 spiro atoms. The third-order valence-electron chi connectivity index (χ3n) is 1.86. The number of rotatable bonds is 3. The van der Waals surface area contributed by atoms with E-state index in [1.807, 2.05) is 13.0 Å². The molecule has 2 nitrogen and oxygen atoms in total. The molecular formula is C10H11ClO2. The van der Waals surface area contributed by atoms with Gasteiger partial charge in [0.15, 0.2) is 5.78 Å². The molecule has 0 fully saturated rings. The van der Waals surface area contributed by atoms with Crippen LogP contribution in [0.15, 0.2) is 18.2 Å². The summed E-state index contributed by atoms with van der Waals surface area (Å²) in [6, 6.07) is 5.31. The van der Waals surface area contributed by atoms with E-state index in [1.165, 1.54) is 0 Å². The Hall–Kier alpha value is -1.02. The van der Waals surface area contributed by atoms with Gasteiger partial charge in [0.2, 0.25) is 0 Å². The van der Waals surface area contributed by atoms with Crippen molar-refractivity contribution in [3.8, 4) is 5.75 Å². The first-order valence-corrected chi connectivity index (χ1v) is 4.46. The molecule has 0 aliphatic heterocycles. The summed E-state index contributed by atoms with van der Waals surface area (Å²) in [5, 5.41) is 0. The van der Waals surface area contributed by atoms with Gasteiger partial charge in [0.1, 0.15) is 5.75 Å². The quantitative estimate of drug-likeness (QED) is 0.551. The minimum Gasteiger partial charge on any atom is -0.497 e. The minimum atomic E-state index is -0.0539. The van der Waals surface area contributed by atoms with Gasteiger partial charge < -0.3 is 4.74 Å². The maximum Gasteiger partial charge on any atom is 0.177 e. The van der Waals surface area contributed by atoms with E-state index in [1.54, 1.807) is 19.2 Å². The minimum absolute atomic E-state index is 0.0210. The molecular weight excluding hydrogens is 188 g/mol. The molecule has 13 heavy (non-hydrogen) atoms. The predicted octanol–water partition coefficient (Wildman–Crippen LogP) is 2.43. The van der Waals surface area contributed by atoms with E-state index < -0.39 is 0 Å². The van der Waals surface area contributed by atoms with Gasteiger partial charge in [0, 0.05) is 5.56 Å². The van der Waals surface area contributed by atoms with Crippen molar-refractivity contribution >= 4 is 17.4 Å². The molecule has 1 aromatic rings. The molecule has 0 aliphatic rings. The number of alkyl halides is 1. The first-order chi connectivity index (χ1) is 6.19. The fraction of sp³-hybridized carbons (Fsp3) is 0.300. The van der Waals surface area contributed by atoms with Crippen LogP contribution in [0.4, 0.5) is 0 Å². The molecule has 0 atom stereocenters. The van der Waals surface area contributed by atoms with Crippen LogP contribution in [0, 0.1) is 6.92 Å². The van der Waals surface area contributed by atoms with Crippen molar-refractivity contribution in [1.29, 1.82) is 0 Å². The second-order valence-electron chi connectivity index (χ2n) is 2.74. The fourth-order valence-corrected chi connectivity index (χ4v) is 1.29. The topological polar surface area (TPSA) is 26.3 Å². The van der Waals surface area contributed by atoms with Crippen LogP contribution in [-0.2, 0) is 0 Å². The molecule has 0 aliphatic carbocycles. The maximum absolute atomic E-state index is 11.3. The summed E-state index contributed by atoms with van der Waals surface area (Å²) in [5.41, 5.74) is 1.56. The normalized spacial score (nSPS) is 9.77. The van der Waals surface area contributed by atoms with Crippen LogP contribution in [0.2, 0.25) is 0 Å².